The van der Waals surface area contributed by atoms with Gasteiger partial charge in [-0.05, 0) is 31.9 Å². The number of aromatic nitrogens is 1. The number of carbonyl (C=O) groups is 2. The van der Waals surface area contributed by atoms with Gasteiger partial charge in [0.1, 0.15) is 5.82 Å². The van der Waals surface area contributed by atoms with E-state index in [-0.39, 0.29) is 23.7 Å². The van der Waals surface area contributed by atoms with Gasteiger partial charge in [-0.15, -0.1) is 0 Å². The van der Waals surface area contributed by atoms with Crippen molar-refractivity contribution in [2.75, 3.05) is 4.90 Å². The van der Waals surface area contributed by atoms with Crippen LogP contribution in [0.4, 0.5) is 5.82 Å². The molecule has 0 spiro atoms. The van der Waals surface area contributed by atoms with Crippen LogP contribution in [0, 0.1) is 18.8 Å². The number of aryl methyl sites for hydroxylation is 1. The van der Waals surface area contributed by atoms with Gasteiger partial charge in [-0.25, -0.2) is 9.88 Å². The average molecular weight is 242 g/mol. The van der Waals surface area contributed by atoms with Gasteiger partial charge >= 0.3 is 0 Å². The Morgan fingerprint density at radius 3 is 2.28 bits per heavy atom. The highest BCUT2D eigenvalue weighted by Gasteiger charge is 2.48. The second-order valence-corrected chi connectivity index (χ2v) is 4.80. The lowest BCUT2D eigenvalue weighted by Crippen LogP contribution is -2.31. The maximum atomic E-state index is 12.3. The summed E-state index contributed by atoms with van der Waals surface area (Å²) in [5.74, 6) is -0.131. The minimum Gasteiger partial charge on any atom is -0.274 e. The average Bonchev–Trinajstić information content (AvgIpc) is 2.63. The third kappa shape index (κ3) is 1.56. The molecule has 1 aromatic rings. The van der Waals surface area contributed by atoms with Crippen LogP contribution in [-0.2, 0) is 9.59 Å². The molecule has 92 valence electrons. The molecule has 4 heteroatoms. The zero-order valence-corrected chi connectivity index (χ0v) is 10.2. The van der Waals surface area contributed by atoms with Crippen LogP contribution in [0.25, 0.3) is 0 Å². The van der Waals surface area contributed by atoms with Gasteiger partial charge in [-0.2, -0.15) is 0 Å². The van der Waals surface area contributed by atoms with E-state index in [0.29, 0.717) is 18.7 Å². The molecule has 0 bridgehead atoms. The molecule has 1 aliphatic heterocycles. The van der Waals surface area contributed by atoms with Gasteiger partial charge in [0.2, 0.25) is 11.8 Å². The molecule has 1 aliphatic carbocycles. The number of hydrogen-bond acceptors (Lipinski definition) is 3. The summed E-state index contributed by atoms with van der Waals surface area (Å²) in [5, 5.41) is 0. The Balaban J connectivity index is 1.99. The Kier molecular flexibility index (Phi) is 2.51. The quantitative estimate of drug-likeness (QED) is 0.557. The Bertz CT molecular complexity index is 524. The molecule has 2 atom stereocenters. The monoisotopic (exact) mass is 242 g/mol. The molecule has 3 rings (SSSR count). The summed E-state index contributed by atoms with van der Waals surface area (Å²) in [7, 11) is 0. The van der Waals surface area contributed by atoms with Crippen LogP contribution in [0.5, 0.6) is 0 Å². The third-order valence-corrected chi connectivity index (χ3v) is 3.61. The van der Waals surface area contributed by atoms with Crippen molar-refractivity contribution < 1.29 is 9.59 Å². The van der Waals surface area contributed by atoms with E-state index < -0.39 is 0 Å². The van der Waals surface area contributed by atoms with Gasteiger partial charge in [0, 0.05) is 5.69 Å². The Labute approximate surface area is 105 Å². The molecule has 1 aromatic heterocycles. The predicted molar refractivity (Wildman–Crippen MR) is 66.8 cm³/mol. The second kappa shape index (κ2) is 4.05. The van der Waals surface area contributed by atoms with Crippen molar-refractivity contribution in [3.8, 4) is 0 Å². The van der Waals surface area contributed by atoms with Crippen LogP contribution in [0.1, 0.15) is 18.5 Å². The molecule has 0 unspecified atom stereocenters. The van der Waals surface area contributed by atoms with E-state index >= 15 is 0 Å². The van der Waals surface area contributed by atoms with Gasteiger partial charge < -0.3 is 0 Å². The van der Waals surface area contributed by atoms with Crippen molar-refractivity contribution in [1.82, 2.24) is 4.98 Å². The molecule has 1 saturated heterocycles. The van der Waals surface area contributed by atoms with Gasteiger partial charge in [0.05, 0.1) is 11.8 Å². The summed E-state index contributed by atoms with van der Waals surface area (Å²) < 4.78 is 0. The second-order valence-electron chi connectivity index (χ2n) is 4.80. The minimum atomic E-state index is -0.190. The molecule has 2 heterocycles. The fourth-order valence-corrected chi connectivity index (χ4v) is 2.68. The van der Waals surface area contributed by atoms with E-state index in [0.717, 1.165) is 5.69 Å². The van der Waals surface area contributed by atoms with Gasteiger partial charge in [0.15, 0.2) is 0 Å². The van der Waals surface area contributed by atoms with E-state index in [2.05, 4.69) is 4.98 Å². The van der Waals surface area contributed by atoms with Crippen LogP contribution >= 0.6 is 0 Å². The smallest absolute Gasteiger partial charge is 0.239 e. The van der Waals surface area contributed by atoms with Crippen LogP contribution < -0.4 is 4.90 Å². The topological polar surface area (TPSA) is 50.3 Å². The first kappa shape index (κ1) is 11.1. The standard InChI is InChI=1S/C14H14N2O2/c1-9-5-4-8-12(15-9)16-13(17)10-6-2-3-7-11(10)14(16)18/h2-5,8,10-11H,6-7H2,1H3/t10-,11+. The first-order valence-electron chi connectivity index (χ1n) is 6.15. The van der Waals surface area contributed by atoms with Crippen molar-refractivity contribution in [3.05, 3.63) is 36.0 Å². The number of anilines is 1. The number of pyridine rings is 1. The summed E-state index contributed by atoms with van der Waals surface area (Å²) in [6, 6.07) is 5.38. The number of allylic oxidation sites excluding steroid dienone is 2. The lowest BCUT2D eigenvalue weighted by molar-refractivity contribution is -0.122. The largest absolute Gasteiger partial charge is 0.274 e. The summed E-state index contributed by atoms with van der Waals surface area (Å²) in [6.45, 7) is 1.85. The summed E-state index contributed by atoms with van der Waals surface area (Å²) in [4.78, 5) is 30.1. The van der Waals surface area contributed by atoms with Crippen molar-refractivity contribution in [3.63, 3.8) is 0 Å². The van der Waals surface area contributed by atoms with Crippen molar-refractivity contribution >= 4 is 17.6 Å². The molecule has 4 nitrogen and oxygen atoms in total. The van der Waals surface area contributed by atoms with E-state index in [1.165, 1.54) is 4.90 Å². The SMILES string of the molecule is Cc1cccc(N2C(=O)[C@H]3CC=CC[C@H]3C2=O)n1. The summed E-state index contributed by atoms with van der Waals surface area (Å²) in [6.07, 6.45) is 5.30. The molecule has 2 aliphatic rings. The molecule has 0 saturated carbocycles. The number of fused-ring (bicyclic) bond motifs is 1. The highest BCUT2D eigenvalue weighted by atomic mass is 16.2. The molecule has 2 amide bonds. The molecule has 0 aromatic carbocycles. The van der Waals surface area contributed by atoms with E-state index in [4.69, 9.17) is 0 Å². The first-order chi connectivity index (χ1) is 8.68. The van der Waals surface area contributed by atoms with E-state index in [9.17, 15) is 9.59 Å². The highest BCUT2D eigenvalue weighted by molar-refractivity contribution is 6.21. The van der Waals surface area contributed by atoms with E-state index in [1.807, 2.05) is 31.2 Å². The number of rotatable bonds is 1. The number of imide groups is 1. The lowest BCUT2D eigenvalue weighted by Gasteiger charge is -2.14. The zero-order chi connectivity index (χ0) is 12.7. The number of hydrogen-bond donors (Lipinski definition) is 0. The maximum absolute atomic E-state index is 12.3. The minimum absolute atomic E-state index is 0.104. The number of carbonyl (C=O) groups excluding carboxylic acids is 2. The predicted octanol–water partition coefficient (Wildman–Crippen LogP) is 1.85. The van der Waals surface area contributed by atoms with Crippen molar-refractivity contribution in [1.29, 1.82) is 0 Å². The third-order valence-electron chi connectivity index (χ3n) is 3.61. The fraction of sp³-hybridized carbons (Fsp3) is 0.357. The van der Waals surface area contributed by atoms with Crippen LogP contribution in [0.15, 0.2) is 30.4 Å². The molecule has 1 fully saturated rings. The Morgan fingerprint density at radius 1 is 1.11 bits per heavy atom. The fourth-order valence-electron chi connectivity index (χ4n) is 2.68. The van der Waals surface area contributed by atoms with Gasteiger partial charge in [0.25, 0.3) is 0 Å². The van der Waals surface area contributed by atoms with Crippen molar-refractivity contribution in [2.45, 2.75) is 19.8 Å². The highest BCUT2D eigenvalue weighted by Crippen LogP contribution is 2.36. The summed E-state index contributed by atoms with van der Waals surface area (Å²) in [5.41, 5.74) is 0.807. The van der Waals surface area contributed by atoms with Crippen LogP contribution in [0.3, 0.4) is 0 Å². The molecule has 0 radical (unpaired) electrons. The molecule has 18 heavy (non-hydrogen) atoms. The normalized spacial score (nSPS) is 26.6. The number of amides is 2. The zero-order valence-electron chi connectivity index (χ0n) is 10.2. The molecular weight excluding hydrogens is 228 g/mol. The maximum Gasteiger partial charge on any atom is 0.239 e. The summed E-state index contributed by atoms with van der Waals surface area (Å²) >= 11 is 0. The first-order valence-corrected chi connectivity index (χ1v) is 6.15. The lowest BCUT2D eigenvalue weighted by atomic mass is 9.85. The molecular formula is C14H14N2O2. The van der Waals surface area contributed by atoms with Gasteiger partial charge in [-0.3, -0.25) is 9.59 Å². The van der Waals surface area contributed by atoms with Crippen molar-refractivity contribution in [2.24, 2.45) is 11.8 Å². The number of nitrogens with zero attached hydrogens (tertiary/aromatic N) is 2. The van der Waals surface area contributed by atoms with Crippen LogP contribution in [-0.4, -0.2) is 16.8 Å². The van der Waals surface area contributed by atoms with E-state index in [1.54, 1.807) is 6.07 Å². The molecule has 0 N–H and O–H groups in total. The van der Waals surface area contributed by atoms with Crippen LogP contribution in [0.2, 0.25) is 0 Å². The Hall–Kier alpha value is -1.97. The Morgan fingerprint density at radius 2 is 1.72 bits per heavy atom. The van der Waals surface area contributed by atoms with Gasteiger partial charge in [-0.1, -0.05) is 18.2 Å².